The number of aromatic nitrogens is 1. The zero-order chi connectivity index (χ0) is 20.0. The summed E-state index contributed by atoms with van der Waals surface area (Å²) >= 11 is 6.20. The SMILES string of the molecule is Cc1ccc(Cl)cc1N1CCN(C(=O)[C@H]2CCCc3c2[nH]c2ccccc32)CC1. The van der Waals surface area contributed by atoms with E-state index in [4.69, 9.17) is 11.6 Å². The molecule has 0 saturated carbocycles. The molecule has 1 aromatic heterocycles. The van der Waals surface area contributed by atoms with E-state index >= 15 is 0 Å². The summed E-state index contributed by atoms with van der Waals surface area (Å²) in [7, 11) is 0. The first-order chi connectivity index (χ1) is 14.1. The molecule has 4 nitrogen and oxygen atoms in total. The standard InChI is InChI=1S/C24H26ClN3O/c1-16-9-10-17(25)15-22(16)27-11-13-28(14-12-27)24(29)20-7-4-6-19-18-5-2-3-8-21(18)26-23(19)20/h2-3,5,8-10,15,20,26H,4,6-7,11-14H2,1H3/t20-/m0/s1. The van der Waals surface area contributed by atoms with E-state index in [1.54, 1.807) is 0 Å². The number of nitrogens with one attached hydrogen (secondary N) is 1. The van der Waals surface area contributed by atoms with Gasteiger partial charge in [-0.15, -0.1) is 0 Å². The molecule has 1 aliphatic carbocycles. The Hall–Kier alpha value is -2.46. The fourth-order valence-corrected chi connectivity index (χ4v) is 5.14. The van der Waals surface area contributed by atoms with Crippen LogP contribution in [-0.4, -0.2) is 42.0 Å². The topological polar surface area (TPSA) is 39.3 Å². The quantitative estimate of drug-likeness (QED) is 0.656. The van der Waals surface area contributed by atoms with Gasteiger partial charge in [0, 0.05) is 53.5 Å². The zero-order valence-corrected chi connectivity index (χ0v) is 17.5. The third-order valence-corrected chi connectivity index (χ3v) is 6.75. The van der Waals surface area contributed by atoms with Gasteiger partial charge in [-0.3, -0.25) is 4.79 Å². The largest absolute Gasteiger partial charge is 0.368 e. The molecule has 2 heterocycles. The summed E-state index contributed by atoms with van der Waals surface area (Å²) in [6.07, 6.45) is 3.07. The van der Waals surface area contributed by atoms with Crippen LogP contribution in [0.1, 0.15) is 35.6 Å². The molecule has 5 rings (SSSR count). The van der Waals surface area contributed by atoms with Gasteiger partial charge in [-0.1, -0.05) is 35.9 Å². The van der Waals surface area contributed by atoms with E-state index in [9.17, 15) is 4.79 Å². The second kappa shape index (κ2) is 7.42. The summed E-state index contributed by atoms with van der Waals surface area (Å²) in [5, 5.41) is 2.04. The summed E-state index contributed by atoms with van der Waals surface area (Å²) < 4.78 is 0. The van der Waals surface area contributed by atoms with E-state index in [0.29, 0.717) is 0 Å². The van der Waals surface area contributed by atoms with Gasteiger partial charge < -0.3 is 14.8 Å². The number of carbonyl (C=O) groups excluding carboxylic acids is 1. The molecular formula is C24H26ClN3O. The average Bonchev–Trinajstić information content (AvgIpc) is 3.14. The molecule has 1 amide bonds. The highest BCUT2D eigenvalue weighted by Crippen LogP contribution is 2.37. The van der Waals surface area contributed by atoms with Crippen molar-refractivity contribution in [1.82, 2.24) is 9.88 Å². The first kappa shape index (κ1) is 18.6. The first-order valence-electron chi connectivity index (χ1n) is 10.5. The van der Waals surface area contributed by atoms with E-state index in [0.717, 1.165) is 61.7 Å². The van der Waals surface area contributed by atoms with E-state index < -0.39 is 0 Å². The Morgan fingerprint density at radius 2 is 1.90 bits per heavy atom. The number of benzene rings is 2. The molecule has 2 aromatic carbocycles. The Kier molecular flexibility index (Phi) is 4.75. The lowest BCUT2D eigenvalue weighted by Gasteiger charge is -2.38. The maximum atomic E-state index is 13.4. The Labute approximate surface area is 176 Å². The number of aromatic amines is 1. The number of rotatable bonds is 2. The highest BCUT2D eigenvalue weighted by Gasteiger charge is 2.33. The van der Waals surface area contributed by atoms with Crippen LogP contribution in [0, 0.1) is 6.92 Å². The van der Waals surface area contributed by atoms with Gasteiger partial charge in [0.1, 0.15) is 0 Å². The van der Waals surface area contributed by atoms with E-state index in [1.165, 1.54) is 22.2 Å². The van der Waals surface area contributed by atoms with Gasteiger partial charge in [0.2, 0.25) is 5.91 Å². The van der Waals surface area contributed by atoms with Crippen LogP contribution in [0.3, 0.4) is 0 Å². The molecule has 0 unspecified atom stereocenters. The summed E-state index contributed by atoms with van der Waals surface area (Å²) in [5.41, 5.74) is 6.05. The van der Waals surface area contributed by atoms with Crippen LogP contribution in [0.15, 0.2) is 42.5 Å². The van der Waals surface area contributed by atoms with Gasteiger partial charge in [0.25, 0.3) is 0 Å². The van der Waals surface area contributed by atoms with E-state index in [2.05, 4.69) is 52.0 Å². The summed E-state index contributed by atoms with van der Waals surface area (Å²) in [6, 6.07) is 14.4. The Bertz CT molecular complexity index is 1070. The van der Waals surface area contributed by atoms with Gasteiger partial charge in [-0.2, -0.15) is 0 Å². The molecule has 150 valence electrons. The van der Waals surface area contributed by atoms with Gasteiger partial charge in [0.05, 0.1) is 5.92 Å². The van der Waals surface area contributed by atoms with Gasteiger partial charge in [-0.05, 0) is 55.5 Å². The molecular weight excluding hydrogens is 382 g/mol. The fraction of sp³-hybridized carbons (Fsp3) is 0.375. The van der Waals surface area contributed by atoms with Crippen LogP contribution in [0.4, 0.5) is 5.69 Å². The lowest BCUT2D eigenvalue weighted by atomic mass is 9.85. The number of hydrogen-bond acceptors (Lipinski definition) is 2. The number of carbonyl (C=O) groups is 1. The fourth-order valence-electron chi connectivity index (χ4n) is 4.97. The molecule has 5 heteroatoms. The number of halogens is 1. The van der Waals surface area contributed by atoms with Crippen LogP contribution in [0.25, 0.3) is 10.9 Å². The third-order valence-electron chi connectivity index (χ3n) is 6.52. The predicted molar refractivity (Wildman–Crippen MR) is 119 cm³/mol. The minimum absolute atomic E-state index is 0.0365. The van der Waals surface area contributed by atoms with Gasteiger partial charge >= 0.3 is 0 Å². The van der Waals surface area contributed by atoms with Gasteiger partial charge in [-0.25, -0.2) is 0 Å². The van der Waals surface area contributed by atoms with E-state index in [1.807, 2.05) is 12.1 Å². The number of para-hydroxylation sites is 1. The van der Waals surface area contributed by atoms with Crippen LogP contribution in [-0.2, 0) is 11.2 Å². The van der Waals surface area contributed by atoms with Crippen molar-refractivity contribution < 1.29 is 4.79 Å². The number of hydrogen-bond donors (Lipinski definition) is 1. The number of piperazine rings is 1. The van der Waals surface area contributed by atoms with Gasteiger partial charge in [0.15, 0.2) is 0 Å². The van der Waals surface area contributed by atoms with Crippen molar-refractivity contribution in [1.29, 1.82) is 0 Å². The normalized spacial score (nSPS) is 19.4. The maximum Gasteiger partial charge on any atom is 0.231 e. The third kappa shape index (κ3) is 3.29. The predicted octanol–water partition coefficient (Wildman–Crippen LogP) is 4.90. The number of fused-ring (bicyclic) bond motifs is 3. The number of anilines is 1. The van der Waals surface area contributed by atoms with Crippen LogP contribution in [0.5, 0.6) is 0 Å². The molecule has 2 aliphatic rings. The molecule has 1 saturated heterocycles. The van der Waals surface area contributed by atoms with Crippen molar-refractivity contribution in [3.63, 3.8) is 0 Å². The summed E-state index contributed by atoms with van der Waals surface area (Å²) in [6.45, 7) is 5.33. The molecule has 1 aliphatic heterocycles. The second-order valence-electron chi connectivity index (χ2n) is 8.25. The minimum Gasteiger partial charge on any atom is -0.368 e. The summed E-state index contributed by atoms with van der Waals surface area (Å²) in [4.78, 5) is 21.4. The van der Waals surface area contributed by atoms with Crippen molar-refractivity contribution in [2.75, 3.05) is 31.1 Å². The van der Waals surface area contributed by atoms with Crippen molar-refractivity contribution >= 4 is 34.1 Å². The zero-order valence-electron chi connectivity index (χ0n) is 16.7. The van der Waals surface area contributed by atoms with E-state index in [-0.39, 0.29) is 11.8 Å². The van der Waals surface area contributed by atoms with Crippen LogP contribution >= 0.6 is 11.6 Å². The van der Waals surface area contributed by atoms with Crippen LogP contribution in [0.2, 0.25) is 5.02 Å². The van der Waals surface area contributed by atoms with Crippen molar-refractivity contribution in [3.05, 3.63) is 64.3 Å². The van der Waals surface area contributed by atoms with Crippen molar-refractivity contribution in [2.45, 2.75) is 32.1 Å². The maximum absolute atomic E-state index is 13.4. The monoisotopic (exact) mass is 407 g/mol. The number of aryl methyl sites for hydroxylation is 2. The van der Waals surface area contributed by atoms with Crippen molar-refractivity contribution in [2.24, 2.45) is 0 Å². The molecule has 1 N–H and O–H groups in total. The second-order valence-corrected chi connectivity index (χ2v) is 8.69. The highest BCUT2D eigenvalue weighted by molar-refractivity contribution is 6.30. The summed E-state index contributed by atoms with van der Waals surface area (Å²) in [5.74, 6) is 0.241. The first-order valence-corrected chi connectivity index (χ1v) is 10.9. The lowest BCUT2D eigenvalue weighted by molar-refractivity contribution is -0.133. The molecule has 1 atom stereocenters. The molecule has 1 fully saturated rings. The van der Waals surface area contributed by atoms with Crippen molar-refractivity contribution in [3.8, 4) is 0 Å². The minimum atomic E-state index is -0.0365. The Balaban J connectivity index is 1.34. The molecule has 3 aromatic rings. The average molecular weight is 408 g/mol. The lowest BCUT2D eigenvalue weighted by Crippen LogP contribution is -2.50. The molecule has 0 bridgehead atoms. The highest BCUT2D eigenvalue weighted by atomic mass is 35.5. The Morgan fingerprint density at radius 1 is 1.10 bits per heavy atom. The van der Waals surface area contributed by atoms with Crippen LogP contribution < -0.4 is 4.90 Å². The molecule has 29 heavy (non-hydrogen) atoms. The smallest absolute Gasteiger partial charge is 0.231 e. The number of H-pyrrole nitrogens is 1. The molecule has 0 radical (unpaired) electrons. The number of nitrogens with zero attached hydrogens (tertiary/aromatic N) is 2. The molecule has 0 spiro atoms. The Morgan fingerprint density at radius 3 is 2.72 bits per heavy atom. The number of amides is 1.